The van der Waals surface area contributed by atoms with E-state index in [2.05, 4.69) is 0 Å². The number of alkyl halides is 3. The number of fused-ring (bicyclic) bond motifs is 2. The van der Waals surface area contributed by atoms with Crippen LogP contribution in [0.25, 0.3) is 0 Å². The molecule has 0 spiro atoms. The number of halogens is 3. The lowest BCUT2D eigenvalue weighted by atomic mass is 9.84. The smallest absolute Gasteiger partial charge is 0.419 e. The van der Waals surface area contributed by atoms with Crippen molar-refractivity contribution < 1.29 is 27.8 Å². The van der Waals surface area contributed by atoms with Gasteiger partial charge in [0.25, 0.3) is 0 Å². The third kappa shape index (κ3) is 2.28. The van der Waals surface area contributed by atoms with E-state index < -0.39 is 42.0 Å². The molecule has 0 saturated carbocycles. The minimum atomic E-state index is -4.73. The van der Waals surface area contributed by atoms with Crippen molar-refractivity contribution >= 4 is 6.09 Å². The first-order valence-electron chi connectivity index (χ1n) is 6.26. The summed E-state index contributed by atoms with van der Waals surface area (Å²) >= 11 is 0. The van der Waals surface area contributed by atoms with E-state index in [1.807, 2.05) is 0 Å². The second-order valence-electron chi connectivity index (χ2n) is 6.26. The van der Waals surface area contributed by atoms with Crippen LogP contribution in [-0.4, -0.2) is 45.6 Å². The number of hydrogen-bond donors (Lipinski definition) is 1. The number of rotatable bonds is 0. The van der Waals surface area contributed by atoms with E-state index in [1.54, 1.807) is 20.8 Å². The van der Waals surface area contributed by atoms with Crippen LogP contribution >= 0.6 is 0 Å². The molecule has 0 aromatic carbocycles. The largest absolute Gasteiger partial charge is 0.444 e. The zero-order valence-electron chi connectivity index (χ0n) is 11.1. The van der Waals surface area contributed by atoms with E-state index >= 15 is 0 Å². The number of ether oxygens (including phenoxy) is 1. The molecule has 7 heteroatoms. The summed E-state index contributed by atoms with van der Waals surface area (Å²) in [6, 6.07) is -1.82. The highest BCUT2D eigenvalue weighted by Crippen LogP contribution is 2.51. The van der Waals surface area contributed by atoms with Crippen LogP contribution in [0.2, 0.25) is 0 Å². The van der Waals surface area contributed by atoms with Crippen molar-refractivity contribution in [1.29, 1.82) is 0 Å². The Hall–Kier alpha value is -0.980. The molecule has 4 nitrogen and oxygen atoms in total. The number of nitrogens with zero attached hydrogens (tertiary/aromatic N) is 1. The molecule has 110 valence electrons. The Balaban J connectivity index is 2.20. The topological polar surface area (TPSA) is 49.8 Å². The first-order chi connectivity index (χ1) is 8.46. The lowest BCUT2D eigenvalue weighted by Gasteiger charge is -2.34. The van der Waals surface area contributed by atoms with Crippen molar-refractivity contribution in [2.75, 3.05) is 0 Å². The molecular formula is C12H18F3NO3. The zero-order valence-corrected chi connectivity index (χ0v) is 11.1. The number of hydrogen-bond acceptors (Lipinski definition) is 3. The van der Waals surface area contributed by atoms with Crippen molar-refractivity contribution in [3.05, 3.63) is 0 Å². The molecule has 2 aliphatic heterocycles. The highest BCUT2D eigenvalue weighted by molar-refractivity contribution is 5.70. The first kappa shape index (κ1) is 14.4. The fourth-order valence-corrected chi connectivity index (χ4v) is 2.94. The van der Waals surface area contributed by atoms with Gasteiger partial charge in [0, 0.05) is 12.5 Å². The van der Waals surface area contributed by atoms with E-state index in [9.17, 15) is 23.1 Å². The summed E-state index contributed by atoms with van der Waals surface area (Å²) in [6.07, 6.45) is -5.34. The molecule has 0 radical (unpaired) electrons. The van der Waals surface area contributed by atoms with Gasteiger partial charge in [0.15, 0.2) is 5.60 Å². The molecule has 2 saturated heterocycles. The maximum Gasteiger partial charge on any atom is 0.419 e. The average Bonchev–Trinajstić information content (AvgIpc) is 2.68. The van der Waals surface area contributed by atoms with Gasteiger partial charge in [-0.15, -0.1) is 0 Å². The molecule has 2 bridgehead atoms. The summed E-state index contributed by atoms with van der Waals surface area (Å²) in [5.41, 5.74) is -3.57. The molecule has 0 aliphatic carbocycles. The fraction of sp³-hybridized carbons (Fsp3) is 0.917. The molecule has 2 aliphatic rings. The van der Waals surface area contributed by atoms with Gasteiger partial charge >= 0.3 is 12.3 Å². The van der Waals surface area contributed by atoms with E-state index in [0.29, 0.717) is 6.42 Å². The lowest BCUT2D eigenvalue weighted by molar-refractivity contribution is -0.268. The van der Waals surface area contributed by atoms with Gasteiger partial charge in [-0.1, -0.05) is 0 Å². The van der Waals surface area contributed by atoms with Crippen molar-refractivity contribution in [2.24, 2.45) is 0 Å². The summed E-state index contributed by atoms with van der Waals surface area (Å²) in [6.45, 7) is 4.95. The van der Waals surface area contributed by atoms with Crippen molar-refractivity contribution in [3.8, 4) is 0 Å². The molecule has 2 fully saturated rings. The third-order valence-electron chi connectivity index (χ3n) is 3.70. The maximum absolute atomic E-state index is 12.9. The Morgan fingerprint density at radius 1 is 1.32 bits per heavy atom. The summed E-state index contributed by atoms with van der Waals surface area (Å²) in [5.74, 6) is 0. The molecular weight excluding hydrogens is 263 g/mol. The minimum Gasteiger partial charge on any atom is -0.444 e. The van der Waals surface area contributed by atoms with Crippen molar-refractivity contribution in [1.82, 2.24) is 4.90 Å². The van der Waals surface area contributed by atoms with E-state index in [0.717, 1.165) is 4.90 Å². The van der Waals surface area contributed by atoms with Gasteiger partial charge in [-0.25, -0.2) is 4.79 Å². The quantitative estimate of drug-likeness (QED) is 0.742. The number of carbonyl (C=O) groups is 1. The standard InChI is InChI=1S/C12H18F3NO3/c1-10(2,3)19-9(17)16-7-4-5-8(16)11(18,6-7)12(13,14)15/h7-8,18H,4-6H2,1-3H3. The molecule has 19 heavy (non-hydrogen) atoms. The van der Waals surface area contributed by atoms with Gasteiger partial charge in [-0.2, -0.15) is 13.2 Å². The monoisotopic (exact) mass is 281 g/mol. The summed E-state index contributed by atoms with van der Waals surface area (Å²) in [7, 11) is 0. The van der Waals surface area contributed by atoms with Gasteiger partial charge in [0.05, 0.1) is 6.04 Å². The molecule has 3 atom stereocenters. The maximum atomic E-state index is 12.9. The number of aliphatic hydroxyl groups is 1. The highest BCUT2D eigenvalue weighted by atomic mass is 19.4. The predicted molar refractivity (Wildman–Crippen MR) is 60.5 cm³/mol. The molecule has 2 heterocycles. The molecule has 2 rings (SSSR count). The molecule has 0 aromatic heterocycles. The van der Waals surface area contributed by atoms with Crippen molar-refractivity contribution in [2.45, 2.75) is 69.5 Å². The number of amides is 1. The summed E-state index contributed by atoms with van der Waals surface area (Å²) in [4.78, 5) is 13.0. The molecule has 0 aromatic rings. The van der Waals surface area contributed by atoms with E-state index in [4.69, 9.17) is 4.74 Å². The lowest BCUT2D eigenvalue weighted by Crippen LogP contribution is -2.55. The SMILES string of the molecule is CC(C)(C)OC(=O)N1C2CCC1C(O)(C(F)(F)F)C2. The van der Waals surface area contributed by atoms with Gasteiger partial charge in [0.1, 0.15) is 5.60 Å². The van der Waals surface area contributed by atoms with Crippen LogP contribution in [0.1, 0.15) is 40.0 Å². The fourth-order valence-electron chi connectivity index (χ4n) is 2.94. The van der Waals surface area contributed by atoms with Gasteiger partial charge < -0.3 is 9.84 Å². The highest BCUT2D eigenvalue weighted by Gasteiger charge is 2.69. The average molecular weight is 281 g/mol. The van der Waals surface area contributed by atoms with Crippen LogP contribution in [0.5, 0.6) is 0 Å². The number of carbonyl (C=O) groups excluding carboxylic acids is 1. The van der Waals surface area contributed by atoms with Crippen LogP contribution in [0.3, 0.4) is 0 Å². The second kappa shape index (κ2) is 4.01. The van der Waals surface area contributed by atoms with Crippen LogP contribution in [0.4, 0.5) is 18.0 Å². The first-order valence-corrected chi connectivity index (χ1v) is 6.26. The third-order valence-corrected chi connectivity index (χ3v) is 3.70. The van der Waals surface area contributed by atoms with E-state index in [-0.39, 0.29) is 6.42 Å². The molecule has 3 unspecified atom stereocenters. The normalized spacial score (nSPS) is 34.8. The molecule has 1 amide bonds. The Bertz CT molecular complexity index is 391. The van der Waals surface area contributed by atoms with Crippen molar-refractivity contribution in [3.63, 3.8) is 0 Å². The predicted octanol–water partition coefficient (Wildman–Crippen LogP) is 2.45. The Labute approximate surface area is 109 Å². The van der Waals surface area contributed by atoms with Crippen LogP contribution in [0.15, 0.2) is 0 Å². The van der Waals surface area contributed by atoms with Crippen LogP contribution in [0, 0.1) is 0 Å². The molecule has 1 N–H and O–H groups in total. The van der Waals surface area contributed by atoms with Gasteiger partial charge in [-0.05, 0) is 33.6 Å². The van der Waals surface area contributed by atoms with Crippen LogP contribution in [-0.2, 0) is 4.74 Å². The van der Waals surface area contributed by atoms with E-state index in [1.165, 1.54) is 0 Å². The summed E-state index contributed by atoms with van der Waals surface area (Å²) < 4.78 is 44.0. The van der Waals surface area contributed by atoms with Crippen LogP contribution < -0.4 is 0 Å². The zero-order chi connectivity index (χ0) is 14.6. The Morgan fingerprint density at radius 3 is 2.32 bits per heavy atom. The van der Waals surface area contributed by atoms with Gasteiger partial charge in [0.2, 0.25) is 0 Å². The summed E-state index contributed by atoms with van der Waals surface area (Å²) in [5, 5.41) is 9.86. The second-order valence-corrected chi connectivity index (χ2v) is 6.26. The van der Waals surface area contributed by atoms with Gasteiger partial charge in [-0.3, -0.25) is 4.90 Å². The minimum absolute atomic E-state index is 0.153. The Morgan fingerprint density at radius 2 is 1.89 bits per heavy atom. The Kier molecular flexibility index (Phi) is 3.04.